The van der Waals surface area contributed by atoms with Gasteiger partial charge in [0.25, 0.3) is 0 Å². The fraction of sp³-hybridized carbons (Fsp3) is 0.755. The third-order valence-corrected chi connectivity index (χ3v) is 10.5. The molecule has 0 bridgehead atoms. The van der Waals surface area contributed by atoms with Crippen molar-refractivity contribution in [1.82, 2.24) is 0 Å². The summed E-state index contributed by atoms with van der Waals surface area (Å²) in [6, 6.07) is 0. The molecule has 340 valence electrons. The molecule has 6 nitrogen and oxygen atoms in total. The molecule has 0 spiro atoms. The van der Waals surface area contributed by atoms with E-state index < -0.39 is 6.10 Å². The summed E-state index contributed by atoms with van der Waals surface area (Å²) in [5.41, 5.74) is 0. The fourth-order valence-corrected chi connectivity index (χ4v) is 6.78. The van der Waals surface area contributed by atoms with Crippen LogP contribution in [-0.4, -0.2) is 37.2 Å². The van der Waals surface area contributed by atoms with Gasteiger partial charge in [0.1, 0.15) is 13.2 Å². The molecule has 0 aliphatic rings. The van der Waals surface area contributed by atoms with Crippen molar-refractivity contribution in [2.24, 2.45) is 0 Å². The molecule has 0 rings (SSSR count). The molecule has 0 aromatic rings. The lowest BCUT2D eigenvalue weighted by molar-refractivity contribution is -0.167. The van der Waals surface area contributed by atoms with Gasteiger partial charge in [0.2, 0.25) is 0 Å². The summed E-state index contributed by atoms with van der Waals surface area (Å²) < 4.78 is 16.7. The molecule has 0 amide bonds. The van der Waals surface area contributed by atoms with Crippen LogP contribution in [0.15, 0.2) is 60.8 Å². The minimum absolute atomic E-state index is 0.0848. The number of hydrogen-bond donors (Lipinski definition) is 0. The number of esters is 3. The maximum Gasteiger partial charge on any atom is 0.306 e. The normalized spacial score (nSPS) is 12.5. The van der Waals surface area contributed by atoms with Gasteiger partial charge in [0.15, 0.2) is 6.10 Å². The highest BCUT2D eigenvalue weighted by Gasteiger charge is 2.19. The predicted molar refractivity (Wildman–Crippen MR) is 251 cm³/mol. The topological polar surface area (TPSA) is 78.9 Å². The molecule has 0 saturated carbocycles. The van der Waals surface area contributed by atoms with Crippen LogP contribution in [0.5, 0.6) is 0 Å². The molecule has 1 atom stereocenters. The second-order valence-corrected chi connectivity index (χ2v) is 16.3. The van der Waals surface area contributed by atoms with Crippen molar-refractivity contribution in [1.29, 1.82) is 0 Å². The summed E-state index contributed by atoms with van der Waals surface area (Å²) in [6.07, 6.45) is 57.7. The Morgan fingerprint density at radius 2 is 0.661 bits per heavy atom. The molecular formula is C53H92O6. The minimum atomic E-state index is -0.785. The highest BCUT2D eigenvalue weighted by molar-refractivity contribution is 5.71. The van der Waals surface area contributed by atoms with Gasteiger partial charge in [-0.2, -0.15) is 0 Å². The Kier molecular flexibility index (Phi) is 45.4. The van der Waals surface area contributed by atoms with Crippen LogP contribution >= 0.6 is 0 Å². The highest BCUT2D eigenvalue weighted by Crippen LogP contribution is 2.14. The molecule has 0 aromatic carbocycles. The third-order valence-electron chi connectivity index (χ3n) is 10.5. The molecule has 59 heavy (non-hydrogen) atoms. The monoisotopic (exact) mass is 825 g/mol. The lowest BCUT2D eigenvalue weighted by Gasteiger charge is -2.18. The van der Waals surface area contributed by atoms with Gasteiger partial charge in [0.05, 0.1) is 0 Å². The van der Waals surface area contributed by atoms with E-state index in [1.165, 1.54) is 96.3 Å². The second kappa shape index (κ2) is 47.8. The standard InChI is InChI=1S/C53H92O6/c1-4-7-10-13-16-19-22-24-26-27-28-30-31-34-37-40-43-46-52(55)58-49-50(48-57-51(54)45-42-39-36-33-21-18-15-12-9-6-3)59-53(56)47-44-41-38-35-32-29-25-23-20-17-14-11-8-5-2/h8,11,16-17,19-20,24-26,29,50H,4-7,9-10,12-15,18,21-23,27-28,30-49H2,1-3H3/b11-8-,19-16-,20-17-,26-24-,29-25-. The first-order chi connectivity index (χ1) is 29.0. The molecule has 0 fully saturated rings. The Labute approximate surface area is 364 Å². The van der Waals surface area contributed by atoms with E-state index in [1.807, 2.05) is 0 Å². The van der Waals surface area contributed by atoms with E-state index in [-0.39, 0.29) is 31.1 Å². The molecular weight excluding hydrogens is 733 g/mol. The molecule has 0 aliphatic heterocycles. The number of rotatable bonds is 44. The van der Waals surface area contributed by atoms with E-state index in [4.69, 9.17) is 14.2 Å². The van der Waals surface area contributed by atoms with Crippen molar-refractivity contribution in [3.8, 4) is 0 Å². The average Bonchev–Trinajstić information content (AvgIpc) is 3.23. The van der Waals surface area contributed by atoms with Crippen LogP contribution in [0, 0.1) is 0 Å². The molecule has 0 aromatic heterocycles. The Morgan fingerprint density at radius 1 is 0.356 bits per heavy atom. The van der Waals surface area contributed by atoms with Gasteiger partial charge in [-0.3, -0.25) is 14.4 Å². The molecule has 6 heteroatoms. The van der Waals surface area contributed by atoms with Crippen LogP contribution in [0.3, 0.4) is 0 Å². The molecule has 0 N–H and O–H groups in total. The van der Waals surface area contributed by atoms with Gasteiger partial charge in [-0.15, -0.1) is 0 Å². The molecule has 1 unspecified atom stereocenters. The number of unbranched alkanes of at least 4 members (excludes halogenated alkanes) is 23. The Morgan fingerprint density at radius 3 is 1.07 bits per heavy atom. The van der Waals surface area contributed by atoms with Gasteiger partial charge in [-0.25, -0.2) is 0 Å². The third kappa shape index (κ3) is 46.0. The average molecular weight is 825 g/mol. The van der Waals surface area contributed by atoms with Crippen LogP contribution in [0.25, 0.3) is 0 Å². The van der Waals surface area contributed by atoms with Gasteiger partial charge >= 0.3 is 17.9 Å². The van der Waals surface area contributed by atoms with Crippen LogP contribution < -0.4 is 0 Å². The number of carbonyl (C=O) groups excluding carboxylic acids is 3. The number of hydrogen-bond acceptors (Lipinski definition) is 6. The van der Waals surface area contributed by atoms with Crippen molar-refractivity contribution >= 4 is 17.9 Å². The Hall–Kier alpha value is -2.89. The maximum absolute atomic E-state index is 12.7. The summed E-state index contributed by atoms with van der Waals surface area (Å²) in [5, 5.41) is 0. The number of carbonyl (C=O) groups is 3. The minimum Gasteiger partial charge on any atom is -0.462 e. The zero-order valence-corrected chi connectivity index (χ0v) is 38.8. The lowest BCUT2D eigenvalue weighted by atomic mass is 10.1. The molecule has 0 radical (unpaired) electrons. The van der Waals surface area contributed by atoms with Crippen molar-refractivity contribution in [2.45, 2.75) is 245 Å². The first-order valence-corrected chi connectivity index (χ1v) is 24.8. The smallest absolute Gasteiger partial charge is 0.306 e. The van der Waals surface area contributed by atoms with Crippen LogP contribution in [0.2, 0.25) is 0 Å². The molecule has 0 saturated heterocycles. The Bertz CT molecular complexity index is 1090. The van der Waals surface area contributed by atoms with E-state index in [2.05, 4.69) is 81.5 Å². The molecule has 0 aliphatic carbocycles. The summed E-state index contributed by atoms with van der Waals surface area (Å²) in [4.78, 5) is 37.8. The quantitative estimate of drug-likeness (QED) is 0.0263. The zero-order valence-electron chi connectivity index (χ0n) is 38.8. The van der Waals surface area contributed by atoms with E-state index >= 15 is 0 Å². The SMILES string of the molecule is CC/C=C\C/C=C\C/C=C\CCCCCCC(=O)OC(COC(=O)CCCCCCCCC/C=C\C/C=C\CCCCC)COC(=O)CCCCCCCCCCCC. The number of ether oxygens (including phenoxy) is 3. The molecule has 0 heterocycles. The van der Waals surface area contributed by atoms with E-state index in [0.29, 0.717) is 19.3 Å². The van der Waals surface area contributed by atoms with E-state index in [1.54, 1.807) is 0 Å². The first kappa shape index (κ1) is 56.1. The summed E-state index contributed by atoms with van der Waals surface area (Å²) >= 11 is 0. The Balaban J connectivity index is 4.39. The predicted octanol–water partition coefficient (Wildman–Crippen LogP) is 16.1. The van der Waals surface area contributed by atoms with Crippen LogP contribution in [0.1, 0.15) is 239 Å². The second-order valence-electron chi connectivity index (χ2n) is 16.3. The van der Waals surface area contributed by atoms with Crippen LogP contribution in [0.4, 0.5) is 0 Å². The van der Waals surface area contributed by atoms with E-state index in [0.717, 1.165) is 103 Å². The number of allylic oxidation sites excluding steroid dienone is 10. The van der Waals surface area contributed by atoms with Gasteiger partial charge < -0.3 is 14.2 Å². The summed E-state index contributed by atoms with van der Waals surface area (Å²) in [6.45, 7) is 6.46. The first-order valence-electron chi connectivity index (χ1n) is 24.8. The lowest BCUT2D eigenvalue weighted by Crippen LogP contribution is -2.30. The largest absolute Gasteiger partial charge is 0.462 e. The summed E-state index contributed by atoms with van der Waals surface area (Å²) in [5.74, 6) is -0.915. The fourth-order valence-electron chi connectivity index (χ4n) is 6.78. The van der Waals surface area contributed by atoms with Gasteiger partial charge in [-0.1, -0.05) is 197 Å². The van der Waals surface area contributed by atoms with E-state index in [9.17, 15) is 14.4 Å². The highest BCUT2D eigenvalue weighted by atomic mass is 16.6. The zero-order chi connectivity index (χ0) is 43.0. The van der Waals surface area contributed by atoms with Crippen molar-refractivity contribution in [2.75, 3.05) is 13.2 Å². The van der Waals surface area contributed by atoms with Crippen molar-refractivity contribution < 1.29 is 28.6 Å². The van der Waals surface area contributed by atoms with Crippen molar-refractivity contribution in [3.05, 3.63) is 60.8 Å². The van der Waals surface area contributed by atoms with Crippen LogP contribution in [-0.2, 0) is 28.6 Å². The van der Waals surface area contributed by atoms with Gasteiger partial charge in [-0.05, 0) is 83.5 Å². The van der Waals surface area contributed by atoms with Gasteiger partial charge in [0, 0.05) is 19.3 Å². The summed E-state index contributed by atoms with van der Waals surface area (Å²) in [7, 11) is 0. The van der Waals surface area contributed by atoms with Crippen molar-refractivity contribution in [3.63, 3.8) is 0 Å². The maximum atomic E-state index is 12.7.